The molecule has 0 aliphatic carbocycles. The number of hydrogen-bond acceptors (Lipinski definition) is 4. The zero-order valence-electron chi connectivity index (χ0n) is 9.54. The molecule has 2 heterocycles. The smallest absolute Gasteiger partial charge is 0.251 e. The summed E-state index contributed by atoms with van der Waals surface area (Å²) in [4.78, 5) is 11.7. The fraction of sp³-hybridized carbons (Fsp3) is 0.909. The standard InChI is InChI=1S/C11H20N2O3/c14-11(10-8-15-4-5-16-10)13-7-9-2-1-3-12-6-9/h9-10,12H,1-8H2,(H,13,14). The Bertz CT molecular complexity index is 223. The van der Waals surface area contributed by atoms with Crippen LogP contribution in [0, 0.1) is 5.92 Å². The van der Waals surface area contributed by atoms with Crippen molar-refractivity contribution in [2.24, 2.45) is 5.92 Å². The molecule has 2 saturated heterocycles. The largest absolute Gasteiger partial charge is 0.376 e. The zero-order chi connectivity index (χ0) is 11.2. The van der Waals surface area contributed by atoms with Crippen molar-refractivity contribution in [3.63, 3.8) is 0 Å². The van der Waals surface area contributed by atoms with Crippen molar-refractivity contribution in [2.45, 2.75) is 18.9 Å². The molecule has 5 heteroatoms. The second-order valence-electron chi connectivity index (χ2n) is 4.39. The van der Waals surface area contributed by atoms with E-state index in [1.807, 2.05) is 0 Å². The number of carbonyl (C=O) groups excluding carboxylic acids is 1. The van der Waals surface area contributed by atoms with Crippen LogP contribution in [0.1, 0.15) is 12.8 Å². The number of rotatable bonds is 3. The normalized spacial score (nSPS) is 31.0. The van der Waals surface area contributed by atoms with Crippen LogP contribution < -0.4 is 10.6 Å². The van der Waals surface area contributed by atoms with Crippen LogP contribution in [0.15, 0.2) is 0 Å². The van der Waals surface area contributed by atoms with Crippen LogP contribution in [0.25, 0.3) is 0 Å². The molecule has 92 valence electrons. The van der Waals surface area contributed by atoms with Crippen LogP contribution >= 0.6 is 0 Å². The lowest BCUT2D eigenvalue weighted by atomic mass is 10.00. The van der Waals surface area contributed by atoms with Crippen LogP contribution in [0.4, 0.5) is 0 Å². The Morgan fingerprint density at radius 1 is 1.44 bits per heavy atom. The summed E-state index contributed by atoms with van der Waals surface area (Å²) < 4.78 is 10.5. The highest BCUT2D eigenvalue weighted by Crippen LogP contribution is 2.08. The van der Waals surface area contributed by atoms with Crippen molar-refractivity contribution in [2.75, 3.05) is 39.5 Å². The molecule has 2 atom stereocenters. The lowest BCUT2D eigenvalue weighted by Gasteiger charge is -2.25. The zero-order valence-corrected chi connectivity index (χ0v) is 9.54. The molecule has 0 saturated carbocycles. The van der Waals surface area contributed by atoms with E-state index >= 15 is 0 Å². The first-order valence-corrected chi connectivity index (χ1v) is 6.04. The van der Waals surface area contributed by atoms with Gasteiger partial charge in [0.2, 0.25) is 0 Å². The van der Waals surface area contributed by atoms with Crippen LogP contribution in [0.3, 0.4) is 0 Å². The Morgan fingerprint density at radius 2 is 2.38 bits per heavy atom. The topological polar surface area (TPSA) is 59.6 Å². The van der Waals surface area contributed by atoms with Gasteiger partial charge in [-0.25, -0.2) is 0 Å². The molecule has 2 aliphatic heterocycles. The average Bonchev–Trinajstić information content (AvgIpc) is 2.38. The molecule has 2 unspecified atom stereocenters. The molecule has 2 aliphatic rings. The molecule has 2 N–H and O–H groups in total. The van der Waals surface area contributed by atoms with E-state index in [1.165, 1.54) is 12.8 Å². The third-order valence-electron chi connectivity index (χ3n) is 3.07. The number of amides is 1. The van der Waals surface area contributed by atoms with E-state index in [-0.39, 0.29) is 5.91 Å². The summed E-state index contributed by atoms with van der Waals surface area (Å²) in [6.07, 6.45) is 1.98. The second kappa shape index (κ2) is 6.18. The molecular weight excluding hydrogens is 208 g/mol. The van der Waals surface area contributed by atoms with Crippen LogP contribution in [0.5, 0.6) is 0 Å². The van der Waals surface area contributed by atoms with Crippen molar-refractivity contribution < 1.29 is 14.3 Å². The first-order chi connectivity index (χ1) is 7.86. The highest BCUT2D eigenvalue weighted by atomic mass is 16.6. The Hall–Kier alpha value is -0.650. The Morgan fingerprint density at radius 3 is 3.06 bits per heavy atom. The quantitative estimate of drug-likeness (QED) is 0.685. The van der Waals surface area contributed by atoms with Gasteiger partial charge in [0.25, 0.3) is 5.91 Å². The van der Waals surface area contributed by atoms with E-state index < -0.39 is 6.10 Å². The third-order valence-corrected chi connectivity index (χ3v) is 3.07. The molecule has 0 aromatic rings. The fourth-order valence-corrected chi connectivity index (χ4v) is 2.10. The SMILES string of the molecule is O=C(NCC1CCCNC1)C1COCCO1. The first kappa shape index (κ1) is 11.8. The predicted molar refractivity (Wildman–Crippen MR) is 59.2 cm³/mol. The number of hydrogen-bond donors (Lipinski definition) is 2. The summed E-state index contributed by atoms with van der Waals surface area (Å²) in [6, 6.07) is 0. The summed E-state index contributed by atoms with van der Waals surface area (Å²) in [7, 11) is 0. The van der Waals surface area contributed by atoms with Gasteiger partial charge < -0.3 is 20.1 Å². The van der Waals surface area contributed by atoms with E-state index in [9.17, 15) is 4.79 Å². The van der Waals surface area contributed by atoms with Crippen LogP contribution in [-0.2, 0) is 14.3 Å². The van der Waals surface area contributed by atoms with Crippen molar-refractivity contribution >= 4 is 5.91 Å². The maximum Gasteiger partial charge on any atom is 0.251 e. The number of nitrogens with one attached hydrogen (secondary N) is 2. The summed E-state index contributed by atoms with van der Waals surface area (Å²) in [5, 5.41) is 6.27. The van der Waals surface area contributed by atoms with E-state index in [0.29, 0.717) is 25.7 Å². The molecule has 0 aromatic heterocycles. The second-order valence-corrected chi connectivity index (χ2v) is 4.39. The highest BCUT2D eigenvalue weighted by Gasteiger charge is 2.23. The molecule has 0 radical (unpaired) electrons. The average molecular weight is 228 g/mol. The molecular formula is C11H20N2O3. The molecule has 2 fully saturated rings. The van der Waals surface area contributed by atoms with Crippen molar-refractivity contribution in [3.8, 4) is 0 Å². The lowest BCUT2D eigenvalue weighted by Crippen LogP contribution is -2.45. The molecule has 5 nitrogen and oxygen atoms in total. The van der Waals surface area contributed by atoms with Gasteiger partial charge in [-0.05, 0) is 31.8 Å². The van der Waals surface area contributed by atoms with Crippen molar-refractivity contribution in [3.05, 3.63) is 0 Å². The van der Waals surface area contributed by atoms with E-state index in [4.69, 9.17) is 9.47 Å². The Labute approximate surface area is 95.9 Å². The molecule has 0 bridgehead atoms. The van der Waals surface area contributed by atoms with E-state index in [2.05, 4.69) is 10.6 Å². The summed E-state index contributed by atoms with van der Waals surface area (Å²) in [6.45, 7) is 4.34. The summed E-state index contributed by atoms with van der Waals surface area (Å²) in [5.41, 5.74) is 0. The van der Waals surface area contributed by atoms with Gasteiger partial charge in [0.05, 0.1) is 19.8 Å². The van der Waals surface area contributed by atoms with E-state index in [1.54, 1.807) is 0 Å². The molecule has 0 spiro atoms. The fourth-order valence-electron chi connectivity index (χ4n) is 2.10. The van der Waals surface area contributed by atoms with Crippen molar-refractivity contribution in [1.82, 2.24) is 10.6 Å². The van der Waals surface area contributed by atoms with Gasteiger partial charge >= 0.3 is 0 Å². The van der Waals surface area contributed by atoms with Gasteiger partial charge in [-0.15, -0.1) is 0 Å². The molecule has 2 rings (SSSR count). The summed E-state index contributed by atoms with van der Waals surface area (Å²) in [5.74, 6) is 0.521. The number of carbonyl (C=O) groups is 1. The highest BCUT2D eigenvalue weighted by molar-refractivity contribution is 5.80. The van der Waals surface area contributed by atoms with E-state index in [0.717, 1.165) is 19.6 Å². The van der Waals surface area contributed by atoms with Gasteiger partial charge in [-0.3, -0.25) is 4.79 Å². The minimum atomic E-state index is -0.412. The minimum absolute atomic E-state index is 0.0368. The van der Waals surface area contributed by atoms with Crippen LogP contribution in [-0.4, -0.2) is 51.5 Å². The predicted octanol–water partition coefficient (Wildman–Crippen LogP) is -0.482. The van der Waals surface area contributed by atoms with Gasteiger partial charge in [-0.1, -0.05) is 0 Å². The third kappa shape index (κ3) is 3.43. The number of piperidine rings is 1. The first-order valence-electron chi connectivity index (χ1n) is 6.04. The Balaban J connectivity index is 1.65. The van der Waals surface area contributed by atoms with Gasteiger partial charge in [0, 0.05) is 6.54 Å². The summed E-state index contributed by atoms with van der Waals surface area (Å²) >= 11 is 0. The van der Waals surface area contributed by atoms with Gasteiger partial charge in [0.1, 0.15) is 0 Å². The maximum atomic E-state index is 11.7. The number of ether oxygens (including phenoxy) is 2. The van der Waals surface area contributed by atoms with Crippen LogP contribution in [0.2, 0.25) is 0 Å². The monoisotopic (exact) mass is 228 g/mol. The van der Waals surface area contributed by atoms with Gasteiger partial charge in [-0.2, -0.15) is 0 Å². The Kier molecular flexibility index (Phi) is 4.56. The minimum Gasteiger partial charge on any atom is -0.376 e. The molecule has 16 heavy (non-hydrogen) atoms. The van der Waals surface area contributed by atoms with Gasteiger partial charge in [0.15, 0.2) is 6.10 Å². The van der Waals surface area contributed by atoms with Crippen molar-refractivity contribution in [1.29, 1.82) is 0 Å². The lowest BCUT2D eigenvalue weighted by molar-refractivity contribution is -0.147. The molecule has 0 aromatic carbocycles. The maximum absolute atomic E-state index is 11.7. The molecule has 1 amide bonds.